The van der Waals surface area contributed by atoms with Crippen LogP contribution in [-0.2, 0) is 0 Å². The lowest BCUT2D eigenvalue weighted by Gasteiger charge is -2.28. The Kier molecular flexibility index (Phi) is 7.56. The van der Waals surface area contributed by atoms with E-state index in [1.807, 2.05) is 35.4 Å². The van der Waals surface area contributed by atoms with E-state index in [0.717, 1.165) is 11.4 Å². The normalized spacial score (nSPS) is 12.7. The molecule has 0 aliphatic heterocycles. The molecule has 0 aliphatic carbocycles. The summed E-state index contributed by atoms with van der Waals surface area (Å²) in [6.07, 6.45) is 7.30. The highest BCUT2D eigenvalue weighted by atomic mass is 32.1. The van der Waals surface area contributed by atoms with Gasteiger partial charge in [0.05, 0.1) is 12.3 Å². The number of aliphatic hydroxyl groups excluding tert-OH is 1. The average molecular weight is 306 g/mol. The minimum Gasteiger partial charge on any atom is -0.395 e. The summed E-state index contributed by atoms with van der Waals surface area (Å²) < 4.78 is 0. The smallest absolute Gasteiger partial charge is 0.229 e. The van der Waals surface area contributed by atoms with Crippen LogP contribution >= 0.6 is 11.3 Å². The van der Waals surface area contributed by atoms with Crippen molar-refractivity contribution in [3.63, 3.8) is 0 Å². The molecule has 0 saturated carbocycles. The maximum atomic E-state index is 9.09. The zero-order valence-corrected chi connectivity index (χ0v) is 13.5. The molecule has 0 atom stereocenters. The molecule has 1 heterocycles. The molecule has 0 aliphatic rings. The van der Waals surface area contributed by atoms with Crippen LogP contribution in [0.5, 0.6) is 0 Å². The predicted octanol–water partition coefficient (Wildman–Crippen LogP) is 3.90. The summed E-state index contributed by atoms with van der Waals surface area (Å²) in [5.74, 6) is 0. The quantitative estimate of drug-likeness (QED) is 0.585. The molecule has 0 bridgehead atoms. The predicted molar refractivity (Wildman–Crippen MR) is 87.6 cm³/mol. The zero-order chi connectivity index (χ0) is 15.7. The summed E-state index contributed by atoms with van der Waals surface area (Å²) >= 11 is 1.44. The zero-order valence-electron chi connectivity index (χ0n) is 12.7. The van der Waals surface area contributed by atoms with Gasteiger partial charge in [0.2, 0.25) is 5.13 Å². The molecule has 1 rings (SSSR count). The summed E-state index contributed by atoms with van der Waals surface area (Å²) in [5.41, 5.74) is 1.57. The summed E-state index contributed by atoms with van der Waals surface area (Å²) in [5, 5.41) is 19.8. The van der Waals surface area contributed by atoms with Crippen LogP contribution in [0.3, 0.4) is 0 Å². The van der Waals surface area contributed by atoms with Gasteiger partial charge in [0.25, 0.3) is 0 Å². The molecule has 6 heteroatoms. The van der Waals surface area contributed by atoms with Gasteiger partial charge in [-0.05, 0) is 32.9 Å². The summed E-state index contributed by atoms with van der Waals surface area (Å²) in [4.78, 5) is 6.08. The maximum absolute atomic E-state index is 9.09. The lowest BCUT2D eigenvalue weighted by molar-refractivity contribution is 0.206. The molecule has 1 N–H and O–H groups in total. The van der Waals surface area contributed by atoms with Gasteiger partial charge in [0.1, 0.15) is 0 Å². The molecule has 21 heavy (non-hydrogen) atoms. The van der Waals surface area contributed by atoms with Gasteiger partial charge >= 0.3 is 0 Å². The summed E-state index contributed by atoms with van der Waals surface area (Å²) in [6, 6.07) is 0.278. The van der Waals surface area contributed by atoms with Crippen LogP contribution in [0.25, 0.3) is 0 Å². The van der Waals surface area contributed by atoms with Crippen LogP contribution in [0.15, 0.2) is 58.0 Å². The second-order valence-corrected chi connectivity index (χ2v) is 5.44. The maximum Gasteiger partial charge on any atom is 0.229 e. The minimum atomic E-state index is 0.102. The van der Waals surface area contributed by atoms with Crippen LogP contribution in [0.2, 0.25) is 0 Å². The topological polar surface area (TPSA) is 61.1 Å². The van der Waals surface area contributed by atoms with Crippen molar-refractivity contribution in [1.29, 1.82) is 0 Å². The molecule has 1 aromatic rings. The highest BCUT2D eigenvalue weighted by molar-refractivity contribution is 7.13. The van der Waals surface area contributed by atoms with Crippen LogP contribution in [0.1, 0.15) is 20.8 Å². The molecule has 1 aromatic heterocycles. The SMILES string of the molecule is C=C(/C=C\C(=C/C)N=Nc1nccs1)N(CCO)C(C)C. The first-order valence-electron chi connectivity index (χ1n) is 6.80. The molecule has 0 radical (unpaired) electrons. The summed E-state index contributed by atoms with van der Waals surface area (Å²) in [6.45, 7) is 10.7. The van der Waals surface area contributed by atoms with E-state index in [9.17, 15) is 0 Å². The van der Waals surface area contributed by atoms with E-state index in [4.69, 9.17) is 5.11 Å². The number of nitrogens with zero attached hydrogens (tertiary/aromatic N) is 4. The Hall–Kier alpha value is -1.79. The molecule has 0 amide bonds. The molecule has 0 saturated heterocycles. The van der Waals surface area contributed by atoms with Crippen LogP contribution < -0.4 is 0 Å². The van der Waals surface area contributed by atoms with E-state index in [0.29, 0.717) is 11.7 Å². The summed E-state index contributed by atoms with van der Waals surface area (Å²) in [7, 11) is 0. The highest BCUT2D eigenvalue weighted by Gasteiger charge is 2.08. The van der Waals surface area contributed by atoms with E-state index in [2.05, 4.69) is 35.6 Å². The molecule has 5 nitrogen and oxygen atoms in total. The monoisotopic (exact) mass is 306 g/mol. The van der Waals surface area contributed by atoms with Gasteiger partial charge in [-0.3, -0.25) is 0 Å². The van der Waals surface area contributed by atoms with Crippen LogP contribution in [0, 0.1) is 0 Å². The van der Waals surface area contributed by atoms with Crippen LogP contribution in [-0.4, -0.2) is 34.2 Å². The van der Waals surface area contributed by atoms with Crippen molar-refractivity contribution < 1.29 is 5.11 Å². The van der Waals surface area contributed by atoms with E-state index < -0.39 is 0 Å². The second kappa shape index (κ2) is 9.20. The molecule has 0 spiro atoms. The van der Waals surface area contributed by atoms with Crippen molar-refractivity contribution in [3.8, 4) is 0 Å². The third-order valence-electron chi connectivity index (χ3n) is 2.75. The van der Waals surface area contributed by atoms with Gasteiger partial charge < -0.3 is 10.0 Å². The van der Waals surface area contributed by atoms with Crippen molar-refractivity contribution in [2.24, 2.45) is 10.2 Å². The molecular weight excluding hydrogens is 284 g/mol. The second-order valence-electron chi connectivity index (χ2n) is 4.56. The highest BCUT2D eigenvalue weighted by Crippen LogP contribution is 2.17. The van der Waals surface area contributed by atoms with Gasteiger partial charge in [0, 0.05) is 29.9 Å². The number of aromatic nitrogens is 1. The Balaban J connectivity index is 2.69. The Morgan fingerprint density at radius 3 is 2.81 bits per heavy atom. The largest absolute Gasteiger partial charge is 0.395 e. The third-order valence-corrected chi connectivity index (χ3v) is 3.40. The fourth-order valence-electron chi connectivity index (χ4n) is 1.67. The van der Waals surface area contributed by atoms with E-state index in [-0.39, 0.29) is 12.6 Å². The number of aliphatic hydroxyl groups is 1. The van der Waals surface area contributed by atoms with E-state index in [1.165, 1.54) is 11.3 Å². The number of azo groups is 1. The van der Waals surface area contributed by atoms with Gasteiger partial charge in [-0.15, -0.1) is 21.6 Å². The van der Waals surface area contributed by atoms with Gasteiger partial charge in [-0.2, -0.15) is 0 Å². The first-order chi connectivity index (χ1) is 10.1. The van der Waals surface area contributed by atoms with Crippen LogP contribution in [0.4, 0.5) is 5.13 Å². The Morgan fingerprint density at radius 1 is 1.52 bits per heavy atom. The number of hydrogen-bond donors (Lipinski definition) is 1. The Labute approximate surface area is 130 Å². The Bertz CT molecular complexity index is 518. The van der Waals surface area contributed by atoms with E-state index in [1.54, 1.807) is 6.20 Å². The van der Waals surface area contributed by atoms with E-state index >= 15 is 0 Å². The van der Waals surface area contributed by atoms with Crippen molar-refractivity contribution in [1.82, 2.24) is 9.88 Å². The number of allylic oxidation sites excluding steroid dienone is 3. The lowest BCUT2D eigenvalue weighted by atomic mass is 10.2. The van der Waals surface area contributed by atoms with Gasteiger partial charge in [-0.1, -0.05) is 12.7 Å². The fourth-order valence-corrected chi connectivity index (χ4v) is 2.12. The molecule has 114 valence electrons. The van der Waals surface area contributed by atoms with Gasteiger partial charge in [0.15, 0.2) is 0 Å². The van der Waals surface area contributed by atoms with Gasteiger partial charge in [-0.25, -0.2) is 4.98 Å². The van der Waals surface area contributed by atoms with Crippen molar-refractivity contribution in [2.75, 3.05) is 13.2 Å². The third kappa shape index (κ3) is 6.01. The molecule has 0 fully saturated rings. The van der Waals surface area contributed by atoms with Crippen molar-refractivity contribution in [2.45, 2.75) is 26.8 Å². The molecule has 0 aromatic carbocycles. The standard InChI is InChI=1S/C15H22N4OS/c1-5-14(17-18-15-16-8-11-21-15)7-6-13(4)19(9-10-20)12(2)3/h5-8,11-12,20H,4,9-10H2,1-3H3/b7-6-,14-5+,18-17?. The average Bonchev–Trinajstić information content (AvgIpc) is 2.97. The van der Waals surface area contributed by atoms with Crippen molar-refractivity contribution >= 4 is 16.5 Å². The van der Waals surface area contributed by atoms with Crippen molar-refractivity contribution in [3.05, 3.63) is 47.8 Å². The first kappa shape index (κ1) is 17.3. The lowest BCUT2D eigenvalue weighted by Crippen LogP contribution is -2.31. The molecular formula is C15H22N4OS. The molecule has 0 unspecified atom stereocenters. The minimum absolute atomic E-state index is 0.102. The Morgan fingerprint density at radius 2 is 2.29 bits per heavy atom. The first-order valence-corrected chi connectivity index (χ1v) is 7.68. The number of rotatable bonds is 8. The number of hydrogen-bond acceptors (Lipinski definition) is 6. The fraction of sp³-hybridized carbons (Fsp3) is 0.400. The number of thiazole rings is 1.